The van der Waals surface area contributed by atoms with Gasteiger partial charge in [-0.2, -0.15) is 0 Å². The van der Waals surface area contributed by atoms with Crippen molar-refractivity contribution >= 4 is 27.1 Å². The van der Waals surface area contributed by atoms with Crippen molar-refractivity contribution in [2.45, 2.75) is 4.90 Å². The highest BCUT2D eigenvalue weighted by Gasteiger charge is 2.09. The molecule has 0 saturated heterocycles. The highest BCUT2D eigenvalue weighted by atomic mass is 35.5. The number of benzene rings is 1. The molecule has 0 fully saturated rings. The number of aromatic nitrogens is 1. The average Bonchev–Trinajstić information content (AvgIpc) is 2.26. The van der Waals surface area contributed by atoms with Gasteiger partial charge in [0.1, 0.15) is 10.9 Å². The summed E-state index contributed by atoms with van der Waals surface area (Å²) in [5, 5.41) is 0.203. The number of halogens is 1. The zero-order valence-electron chi connectivity index (χ0n) is 10.00. The van der Waals surface area contributed by atoms with E-state index in [0.717, 1.165) is 6.26 Å². The molecule has 0 atom stereocenters. The maximum absolute atomic E-state index is 11.4. The molecule has 1 aromatic heterocycles. The summed E-state index contributed by atoms with van der Waals surface area (Å²) in [6, 6.07) is 9.09. The number of pyridine rings is 1. The zero-order valence-corrected chi connectivity index (χ0v) is 11.6. The van der Waals surface area contributed by atoms with Crippen LogP contribution in [-0.4, -0.2) is 19.7 Å². The average molecular weight is 299 g/mol. The monoisotopic (exact) mass is 298 g/mol. The fourth-order valence-corrected chi connectivity index (χ4v) is 2.30. The van der Waals surface area contributed by atoms with Crippen LogP contribution in [0.25, 0.3) is 0 Å². The lowest BCUT2D eigenvalue weighted by Gasteiger charge is -2.07. The third kappa shape index (κ3) is 3.59. The number of hydrogen-bond acceptors (Lipinski definition) is 5. The first-order chi connectivity index (χ1) is 8.84. The van der Waals surface area contributed by atoms with Crippen LogP contribution in [0.15, 0.2) is 41.3 Å². The Kier molecular flexibility index (Phi) is 3.64. The molecule has 100 valence electrons. The van der Waals surface area contributed by atoms with Gasteiger partial charge in [0.15, 0.2) is 9.84 Å². The van der Waals surface area contributed by atoms with Crippen LogP contribution in [0.3, 0.4) is 0 Å². The minimum absolute atomic E-state index is 0.167. The first-order valence-electron chi connectivity index (χ1n) is 5.25. The second-order valence-corrected chi connectivity index (χ2v) is 6.31. The van der Waals surface area contributed by atoms with Gasteiger partial charge in [0.2, 0.25) is 5.88 Å². The van der Waals surface area contributed by atoms with E-state index in [4.69, 9.17) is 22.1 Å². The van der Waals surface area contributed by atoms with E-state index in [0.29, 0.717) is 11.4 Å². The number of nitrogens with two attached hydrogens (primary N) is 1. The lowest BCUT2D eigenvalue weighted by molar-refractivity contribution is 0.462. The Morgan fingerprint density at radius 2 is 2.00 bits per heavy atom. The molecule has 0 radical (unpaired) electrons. The predicted molar refractivity (Wildman–Crippen MR) is 73.3 cm³/mol. The van der Waals surface area contributed by atoms with Crippen molar-refractivity contribution < 1.29 is 13.2 Å². The third-order valence-corrected chi connectivity index (χ3v) is 3.55. The van der Waals surface area contributed by atoms with E-state index in [-0.39, 0.29) is 15.9 Å². The molecule has 19 heavy (non-hydrogen) atoms. The van der Waals surface area contributed by atoms with Gasteiger partial charge in [0, 0.05) is 18.0 Å². The van der Waals surface area contributed by atoms with Crippen LogP contribution < -0.4 is 10.5 Å². The van der Waals surface area contributed by atoms with Crippen LogP contribution in [0, 0.1) is 0 Å². The number of sulfone groups is 1. The summed E-state index contributed by atoms with van der Waals surface area (Å²) in [7, 11) is -3.29. The van der Waals surface area contributed by atoms with Crippen molar-refractivity contribution in [1.29, 1.82) is 0 Å². The van der Waals surface area contributed by atoms with Gasteiger partial charge in [-0.25, -0.2) is 13.4 Å². The number of anilines is 1. The van der Waals surface area contributed by atoms with Crippen molar-refractivity contribution in [3.63, 3.8) is 0 Å². The second kappa shape index (κ2) is 5.07. The second-order valence-electron chi connectivity index (χ2n) is 3.91. The molecule has 0 bridgehead atoms. The molecule has 0 saturated carbocycles. The first-order valence-corrected chi connectivity index (χ1v) is 7.52. The van der Waals surface area contributed by atoms with Crippen LogP contribution in [0.4, 0.5) is 5.69 Å². The smallest absolute Gasteiger partial charge is 0.222 e. The standard InChI is InChI=1S/C12H11ClN2O3S/c1-19(16,17)10-4-2-3-9(7-10)18-12-6-8(14)5-11(13)15-12/h2-7H,1H3,(H2,14,15). The van der Waals surface area contributed by atoms with Crippen LogP contribution >= 0.6 is 11.6 Å². The first kappa shape index (κ1) is 13.6. The minimum atomic E-state index is -3.29. The summed E-state index contributed by atoms with van der Waals surface area (Å²) in [4.78, 5) is 4.10. The Morgan fingerprint density at radius 3 is 2.63 bits per heavy atom. The van der Waals surface area contributed by atoms with Crippen molar-refractivity contribution in [1.82, 2.24) is 4.98 Å². The molecule has 2 aromatic rings. The molecule has 7 heteroatoms. The molecule has 0 amide bonds. The molecule has 2 rings (SSSR count). The molecule has 0 spiro atoms. The Labute approximate surface area is 115 Å². The zero-order chi connectivity index (χ0) is 14.0. The lowest BCUT2D eigenvalue weighted by Crippen LogP contribution is -1.97. The molecule has 5 nitrogen and oxygen atoms in total. The summed E-state index contributed by atoms with van der Waals surface area (Å²) in [5.74, 6) is 0.549. The van der Waals surface area contributed by atoms with E-state index in [1.54, 1.807) is 12.1 Å². The van der Waals surface area contributed by atoms with Crippen LogP contribution in [0.2, 0.25) is 5.15 Å². The van der Waals surface area contributed by atoms with Gasteiger partial charge < -0.3 is 10.5 Å². The summed E-state index contributed by atoms with van der Waals surface area (Å²) in [5.41, 5.74) is 6.02. The molecule has 0 unspecified atom stereocenters. The van der Waals surface area contributed by atoms with Crippen molar-refractivity contribution in [2.75, 3.05) is 12.0 Å². The normalized spacial score (nSPS) is 11.3. The van der Waals surface area contributed by atoms with Crippen molar-refractivity contribution in [2.24, 2.45) is 0 Å². The maximum atomic E-state index is 11.4. The molecule has 1 heterocycles. The van der Waals surface area contributed by atoms with Crippen molar-refractivity contribution in [3.8, 4) is 11.6 Å². The van der Waals surface area contributed by atoms with Crippen LogP contribution in [-0.2, 0) is 9.84 Å². The molecule has 0 aliphatic carbocycles. The van der Waals surface area contributed by atoms with Gasteiger partial charge in [-0.05, 0) is 24.3 Å². The van der Waals surface area contributed by atoms with E-state index in [2.05, 4.69) is 4.98 Å². The topological polar surface area (TPSA) is 82.3 Å². The van der Waals surface area contributed by atoms with Gasteiger partial charge in [0.05, 0.1) is 4.90 Å². The largest absolute Gasteiger partial charge is 0.439 e. The van der Waals surface area contributed by atoms with E-state index in [1.807, 2.05) is 0 Å². The Morgan fingerprint density at radius 1 is 1.26 bits per heavy atom. The third-order valence-electron chi connectivity index (χ3n) is 2.25. The van der Waals surface area contributed by atoms with Crippen LogP contribution in [0.5, 0.6) is 11.6 Å². The Hall–Kier alpha value is -1.79. The predicted octanol–water partition coefficient (Wildman–Crippen LogP) is 2.51. The van der Waals surface area contributed by atoms with Gasteiger partial charge in [0.25, 0.3) is 0 Å². The highest BCUT2D eigenvalue weighted by molar-refractivity contribution is 7.90. The number of hydrogen-bond donors (Lipinski definition) is 1. The number of nitrogens with zero attached hydrogens (tertiary/aromatic N) is 1. The Balaban J connectivity index is 2.33. The quantitative estimate of drug-likeness (QED) is 0.880. The molecule has 1 aromatic carbocycles. The van der Waals surface area contributed by atoms with E-state index in [1.165, 1.54) is 24.3 Å². The van der Waals surface area contributed by atoms with E-state index < -0.39 is 9.84 Å². The Bertz CT molecular complexity index is 696. The summed E-state index contributed by atoms with van der Waals surface area (Å²) < 4.78 is 28.3. The fraction of sp³-hybridized carbons (Fsp3) is 0.0833. The minimum Gasteiger partial charge on any atom is -0.439 e. The maximum Gasteiger partial charge on any atom is 0.222 e. The van der Waals surface area contributed by atoms with E-state index in [9.17, 15) is 8.42 Å². The van der Waals surface area contributed by atoms with Gasteiger partial charge in [-0.15, -0.1) is 0 Å². The van der Waals surface area contributed by atoms with Crippen LogP contribution in [0.1, 0.15) is 0 Å². The van der Waals surface area contributed by atoms with Gasteiger partial charge >= 0.3 is 0 Å². The number of rotatable bonds is 3. The lowest BCUT2D eigenvalue weighted by atomic mass is 10.3. The highest BCUT2D eigenvalue weighted by Crippen LogP contribution is 2.25. The van der Waals surface area contributed by atoms with E-state index >= 15 is 0 Å². The number of ether oxygens (including phenoxy) is 1. The summed E-state index contributed by atoms with van der Waals surface area (Å²) >= 11 is 5.75. The number of nitrogen functional groups attached to an aromatic ring is 1. The molecular weight excluding hydrogens is 288 g/mol. The summed E-state index contributed by atoms with van der Waals surface area (Å²) in [6.07, 6.45) is 1.13. The van der Waals surface area contributed by atoms with Crippen molar-refractivity contribution in [3.05, 3.63) is 41.6 Å². The molecular formula is C12H11ClN2O3S. The SMILES string of the molecule is CS(=O)(=O)c1cccc(Oc2cc(N)cc(Cl)n2)c1. The van der Waals surface area contributed by atoms with Gasteiger partial charge in [-0.3, -0.25) is 0 Å². The molecule has 2 N–H and O–H groups in total. The fourth-order valence-electron chi connectivity index (χ4n) is 1.43. The summed E-state index contributed by atoms with van der Waals surface area (Å²) in [6.45, 7) is 0. The molecule has 0 aliphatic heterocycles. The van der Waals surface area contributed by atoms with Gasteiger partial charge in [-0.1, -0.05) is 17.7 Å². The molecule has 0 aliphatic rings.